The van der Waals surface area contributed by atoms with Crippen molar-refractivity contribution in [2.24, 2.45) is 5.92 Å². The molecule has 0 bridgehead atoms. The number of nitrogens with one attached hydrogen (secondary N) is 1. The van der Waals surface area contributed by atoms with Crippen molar-refractivity contribution < 1.29 is 14.1 Å². The summed E-state index contributed by atoms with van der Waals surface area (Å²) in [5.41, 5.74) is 0. The fourth-order valence-electron chi connectivity index (χ4n) is 2.24. The maximum Gasteiger partial charge on any atom is 0.417 e. The topological polar surface area (TPSA) is 77.2 Å². The number of hydrogen-bond acceptors (Lipinski definition) is 5. The monoisotopic (exact) mass is 253 g/mol. The third kappa shape index (κ3) is 3.45. The molecule has 0 saturated heterocycles. The summed E-state index contributed by atoms with van der Waals surface area (Å²) in [7, 11) is 0. The fraction of sp³-hybridized carbons (Fsp3) is 0.750. The smallest absolute Gasteiger partial charge is 0.417 e. The molecule has 2 rings (SSSR count). The maximum atomic E-state index is 11.7. The van der Waals surface area contributed by atoms with Gasteiger partial charge in [0.2, 0.25) is 0 Å². The van der Waals surface area contributed by atoms with E-state index in [0.29, 0.717) is 11.7 Å². The van der Waals surface area contributed by atoms with Crippen LogP contribution in [0.1, 0.15) is 38.4 Å². The molecule has 1 fully saturated rings. The number of hydrogen-bond donors (Lipinski definition) is 1. The van der Waals surface area contributed by atoms with Crippen molar-refractivity contribution in [3.05, 3.63) is 5.82 Å². The molecule has 1 aromatic rings. The van der Waals surface area contributed by atoms with Gasteiger partial charge in [0.05, 0.1) is 0 Å². The lowest BCUT2D eigenvalue weighted by molar-refractivity contribution is -0.124. The molecule has 6 heteroatoms. The number of aryl methyl sites for hydroxylation is 1. The van der Waals surface area contributed by atoms with Crippen LogP contribution < -0.4 is 10.1 Å². The van der Waals surface area contributed by atoms with Gasteiger partial charge in [-0.05, 0) is 25.7 Å². The first-order valence-corrected chi connectivity index (χ1v) is 6.37. The lowest BCUT2D eigenvalue weighted by Gasteiger charge is -2.29. The molecule has 2 atom stereocenters. The zero-order chi connectivity index (χ0) is 13.0. The van der Waals surface area contributed by atoms with E-state index < -0.39 is 0 Å². The largest absolute Gasteiger partial charge is 0.439 e. The van der Waals surface area contributed by atoms with E-state index in [0.717, 1.165) is 6.42 Å². The van der Waals surface area contributed by atoms with Crippen LogP contribution in [0.25, 0.3) is 0 Å². The van der Waals surface area contributed by atoms with E-state index in [4.69, 9.17) is 9.26 Å². The lowest BCUT2D eigenvalue weighted by Crippen LogP contribution is -2.43. The molecule has 0 aromatic carbocycles. The zero-order valence-corrected chi connectivity index (χ0v) is 10.8. The van der Waals surface area contributed by atoms with Gasteiger partial charge in [-0.2, -0.15) is 4.98 Å². The van der Waals surface area contributed by atoms with Crippen LogP contribution in [0.2, 0.25) is 0 Å². The third-order valence-corrected chi connectivity index (χ3v) is 3.29. The first-order chi connectivity index (χ1) is 8.65. The van der Waals surface area contributed by atoms with Crippen LogP contribution >= 0.6 is 0 Å². The van der Waals surface area contributed by atoms with Crippen molar-refractivity contribution in [3.8, 4) is 6.08 Å². The minimum atomic E-state index is -0.135. The highest BCUT2D eigenvalue weighted by Gasteiger charge is 2.23. The van der Waals surface area contributed by atoms with Crippen molar-refractivity contribution >= 4 is 5.91 Å². The summed E-state index contributed by atoms with van der Waals surface area (Å²) in [6.07, 6.45) is 4.70. The van der Waals surface area contributed by atoms with Gasteiger partial charge in [-0.15, -0.1) is 0 Å². The molecule has 1 aliphatic carbocycles. The molecule has 6 nitrogen and oxygen atoms in total. The summed E-state index contributed by atoms with van der Waals surface area (Å²) in [4.78, 5) is 15.6. The molecule has 1 aliphatic rings. The Kier molecular flexibility index (Phi) is 4.17. The highest BCUT2D eigenvalue weighted by atomic mass is 16.6. The molecule has 0 radical (unpaired) electrons. The molecule has 1 amide bonds. The van der Waals surface area contributed by atoms with Crippen LogP contribution in [0, 0.1) is 12.8 Å². The van der Waals surface area contributed by atoms with E-state index in [9.17, 15) is 4.79 Å². The van der Waals surface area contributed by atoms with Gasteiger partial charge in [-0.3, -0.25) is 9.32 Å². The number of aromatic nitrogens is 2. The quantitative estimate of drug-likeness (QED) is 0.878. The van der Waals surface area contributed by atoms with Gasteiger partial charge in [-0.25, -0.2) is 0 Å². The maximum absolute atomic E-state index is 11.7. The Morgan fingerprint density at radius 3 is 2.94 bits per heavy atom. The molecule has 1 N–H and O–H groups in total. The number of carbonyl (C=O) groups excluding carboxylic acids is 1. The number of amides is 1. The second-order valence-corrected chi connectivity index (χ2v) is 4.83. The Bertz CT molecular complexity index is 405. The normalized spacial score (nSPS) is 23.7. The molecule has 1 aromatic heterocycles. The number of ether oxygens (including phenoxy) is 1. The summed E-state index contributed by atoms with van der Waals surface area (Å²) >= 11 is 0. The standard InChI is InChI=1S/C12H19N3O3/c1-8-5-3-4-6-10(8)14-11(16)7-17-12-13-9(2)15-18-12/h8,10H,3-7H2,1-2H3,(H,14,16)/t8-,10+/m0/s1. The van der Waals surface area contributed by atoms with Crippen LogP contribution in [-0.2, 0) is 4.79 Å². The van der Waals surface area contributed by atoms with Crippen LogP contribution in [0.3, 0.4) is 0 Å². The van der Waals surface area contributed by atoms with Crippen LogP contribution in [-0.4, -0.2) is 28.7 Å². The second kappa shape index (κ2) is 5.84. The molecule has 18 heavy (non-hydrogen) atoms. The van der Waals surface area contributed by atoms with E-state index >= 15 is 0 Å². The number of rotatable bonds is 4. The zero-order valence-electron chi connectivity index (χ0n) is 10.8. The Morgan fingerprint density at radius 2 is 2.28 bits per heavy atom. The molecule has 0 unspecified atom stereocenters. The summed E-state index contributed by atoms with van der Waals surface area (Å²) in [5, 5.41) is 6.57. The second-order valence-electron chi connectivity index (χ2n) is 4.83. The minimum Gasteiger partial charge on any atom is -0.439 e. The highest BCUT2D eigenvalue weighted by Crippen LogP contribution is 2.23. The third-order valence-electron chi connectivity index (χ3n) is 3.29. The Balaban J connectivity index is 1.74. The van der Waals surface area contributed by atoms with E-state index in [1.54, 1.807) is 6.92 Å². The van der Waals surface area contributed by atoms with Crippen molar-refractivity contribution in [1.29, 1.82) is 0 Å². The minimum absolute atomic E-state index is 0.0411. The molecule has 1 saturated carbocycles. The average molecular weight is 253 g/mol. The summed E-state index contributed by atoms with van der Waals surface area (Å²) < 4.78 is 9.88. The van der Waals surface area contributed by atoms with E-state index in [-0.39, 0.29) is 24.6 Å². The summed E-state index contributed by atoms with van der Waals surface area (Å²) in [5.74, 6) is 0.893. The van der Waals surface area contributed by atoms with Crippen molar-refractivity contribution in [2.75, 3.05) is 6.61 Å². The predicted molar refractivity (Wildman–Crippen MR) is 64.1 cm³/mol. The Labute approximate surface area is 106 Å². The summed E-state index contributed by atoms with van der Waals surface area (Å²) in [6.45, 7) is 3.79. The van der Waals surface area contributed by atoms with E-state index in [2.05, 4.69) is 22.4 Å². The Morgan fingerprint density at radius 1 is 1.50 bits per heavy atom. The van der Waals surface area contributed by atoms with Crippen LogP contribution in [0.5, 0.6) is 6.08 Å². The molecular weight excluding hydrogens is 234 g/mol. The van der Waals surface area contributed by atoms with Crippen LogP contribution in [0.15, 0.2) is 4.52 Å². The van der Waals surface area contributed by atoms with Crippen molar-refractivity contribution in [2.45, 2.75) is 45.6 Å². The number of nitrogens with zero attached hydrogens (tertiary/aromatic N) is 2. The first kappa shape index (κ1) is 12.9. The van der Waals surface area contributed by atoms with Crippen molar-refractivity contribution in [3.63, 3.8) is 0 Å². The molecule has 0 spiro atoms. The van der Waals surface area contributed by atoms with Gasteiger partial charge in [0.25, 0.3) is 5.91 Å². The highest BCUT2D eigenvalue weighted by molar-refractivity contribution is 5.77. The lowest BCUT2D eigenvalue weighted by atomic mass is 9.86. The fourth-order valence-corrected chi connectivity index (χ4v) is 2.24. The van der Waals surface area contributed by atoms with Gasteiger partial charge in [0.15, 0.2) is 12.4 Å². The average Bonchev–Trinajstić information content (AvgIpc) is 2.76. The predicted octanol–water partition coefficient (Wildman–Crippen LogP) is 1.45. The van der Waals surface area contributed by atoms with Gasteiger partial charge in [0.1, 0.15) is 0 Å². The SMILES string of the molecule is Cc1noc(OCC(=O)N[C@@H]2CCCC[C@@H]2C)n1. The molecule has 100 valence electrons. The van der Waals surface area contributed by atoms with E-state index in [1.165, 1.54) is 19.3 Å². The van der Waals surface area contributed by atoms with E-state index in [1.807, 2.05) is 0 Å². The first-order valence-electron chi connectivity index (χ1n) is 6.37. The van der Waals surface area contributed by atoms with Crippen LogP contribution in [0.4, 0.5) is 0 Å². The van der Waals surface area contributed by atoms with Crippen molar-refractivity contribution in [1.82, 2.24) is 15.5 Å². The molecule has 1 heterocycles. The van der Waals surface area contributed by atoms with Gasteiger partial charge < -0.3 is 10.1 Å². The molecule has 0 aliphatic heterocycles. The molecular formula is C12H19N3O3. The Hall–Kier alpha value is -1.59. The van der Waals surface area contributed by atoms with Gasteiger partial charge in [0, 0.05) is 6.04 Å². The van der Waals surface area contributed by atoms with Gasteiger partial charge in [-0.1, -0.05) is 24.9 Å². The number of carbonyl (C=O) groups is 1. The summed E-state index contributed by atoms with van der Waals surface area (Å²) in [6, 6.07) is 0.263. The van der Waals surface area contributed by atoms with Gasteiger partial charge >= 0.3 is 6.08 Å².